The lowest BCUT2D eigenvalue weighted by atomic mass is 10.3. The molecule has 2 aromatic rings. The van der Waals surface area contributed by atoms with Gasteiger partial charge in [-0.2, -0.15) is 0 Å². The number of anilines is 2. The van der Waals surface area contributed by atoms with Crippen LogP contribution in [0.3, 0.4) is 0 Å². The molecule has 0 fully saturated rings. The highest BCUT2D eigenvalue weighted by molar-refractivity contribution is 6.33. The second kappa shape index (κ2) is 4.81. The summed E-state index contributed by atoms with van der Waals surface area (Å²) in [5.74, 6) is -1.36. The second-order valence-electron chi connectivity index (χ2n) is 3.10. The first-order valence-electron chi connectivity index (χ1n) is 4.45. The van der Waals surface area contributed by atoms with Gasteiger partial charge < -0.3 is 5.32 Å². The molecule has 1 N–H and O–H groups in total. The topological polar surface area (TPSA) is 37.8 Å². The van der Waals surface area contributed by atoms with Gasteiger partial charge in [0.1, 0.15) is 11.0 Å². The number of aromatic nitrogens is 2. The van der Waals surface area contributed by atoms with Gasteiger partial charge in [-0.05, 0) is 6.07 Å². The van der Waals surface area contributed by atoms with Crippen LogP contribution in [-0.4, -0.2) is 9.97 Å². The van der Waals surface area contributed by atoms with Crippen LogP contribution in [0.25, 0.3) is 0 Å². The molecule has 0 unspecified atom stereocenters. The lowest BCUT2D eigenvalue weighted by Gasteiger charge is -2.08. The molecule has 0 spiro atoms. The van der Waals surface area contributed by atoms with Crippen molar-refractivity contribution >= 4 is 34.7 Å². The van der Waals surface area contributed by atoms with Crippen molar-refractivity contribution in [2.75, 3.05) is 5.32 Å². The average Bonchev–Trinajstić information content (AvgIpc) is 2.23. The molecular weight excluding hydrogens is 271 g/mol. The van der Waals surface area contributed by atoms with Crippen molar-refractivity contribution in [2.24, 2.45) is 0 Å². The standard InChI is InChI=1S/C10H5Cl2F2N3/c11-6-1-5(13)2-7(14)10(6)17-9-4-15-3-8(12)16-9/h1-4H,(H,16,17). The number of hydrogen-bond acceptors (Lipinski definition) is 3. The molecule has 0 saturated carbocycles. The summed E-state index contributed by atoms with van der Waals surface area (Å²) in [6.07, 6.45) is 2.67. The minimum absolute atomic E-state index is 0.0790. The molecule has 0 aliphatic rings. The molecule has 0 aliphatic heterocycles. The van der Waals surface area contributed by atoms with Gasteiger partial charge in [0, 0.05) is 6.07 Å². The monoisotopic (exact) mass is 275 g/mol. The van der Waals surface area contributed by atoms with Crippen LogP contribution in [0.1, 0.15) is 0 Å². The van der Waals surface area contributed by atoms with Crippen LogP contribution in [-0.2, 0) is 0 Å². The van der Waals surface area contributed by atoms with E-state index in [-0.39, 0.29) is 21.7 Å². The van der Waals surface area contributed by atoms with Crippen LogP contribution < -0.4 is 5.32 Å². The summed E-state index contributed by atoms with van der Waals surface area (Å²) in [7, 11) is 0. The zero-order valence-electron chi connectivity index (χ0n) is 8.22. The smallest absolute Gasteiger partial charge is 0.151 e. The Labute approximate surface area is 105 Å². The number of rotatable bonds is 2. The van der Waals surface area contributed by atoms with E-state index in [1.54, 1.807) is 0 Å². The van der Waals surface area contributed by atoms with Crippen LogP contribution in [0.4, 0.5) is 20.3 Å². The van der Waals surface area contributed by atoms with Crippen molar-refractivity contribution in [3.63, 3.8) is 0 Å². The highest BCUT2D eigenvalue weighted by atomic mass is 35.5. The normalized spacial score (nSPS) is 10.4. The Balaban J connectivity index is 2.36. The molecule has 88 valence electrons. The third-order valence-corrected chi connectivity index (χ3v) is 2.35. The van der Waals surface area contributed by atoms with Crippen molar-refractivity contribution in [3.05, 3.63) is 46.3 Å². The van der Waals surface area contributed by atoms with Gasteiger partial charge in [0.15, 0.2) is 11.6 Å². The van der Waals surface area contributed by atoms with Crippen LogP contribution >= 0.6 is 23.2 Å². The van der Waals surface area contributed by atoms with Gasteiger partial charge >= 0.3 is 0 Å². The number of nitrogens with zero attached hydrogens (tertiary/aromatic N) is 2. The van der Waals surface area contributed by atoms with Crippen LogP contribution in [0.5, 0.6) is 0 Å². The third kappa shape index (κ3) is 2.81. The molecule has 0 radical (unpaired) electrons. The molecular formula is C10H5Cl2F2N3. The SMILES string of the molecule is Fc1cc(F)c(Nc2cncc(Cl)n2)c(Cl)c1. The van der Waals surface area contributed by atoms with Crippen LogP contribution in [0.2, 0.25) is 10.2 Å². The summed E-state index contributed by atoms with van der Waals surface area (Å²) in [6.45, 7) is 0. The van der Waals surface area contributed by atoms with Crippen molar-refractivity contribution in [1.29, 1.82) is 0 Å². The molecule has 7 heteroatoms. The molecule has 0 amide bonds. The Bertz CT molecular complexity index is 540. The molecule has 0 bridgehead atoms. The highest BCUT2D eigenvalue weighted by Gasteiger charge is 2.10. The fourth-order valence-electron chi connectivity index (χ4n) is 1.19. The predicted molar refractivity (Wildman–Crippen MR) is 61.7 cm³/mol. The molecule has 3 nitrogen and oxygen atoms in total. The zero-order chi connectivity index (χ0) is 12.4. The summed E-state index contributed by atoms with van der Waals surface area (Å²) in [5.41, 5.74) is -0.0790. The minimum Gasteiger partial charge on any atom is -0.335 e. The summed E-state index contributed by atoms with van der Waals surface area (Å²) < 4.78 is 26.2. The van der Waals surface area contributed by atoms with E-state index >= 15 is 0 Å². The molecule has 0 aliphatic carbocycles. The molecule has 1 aromatic carbocycles. The summed E-state index contributed by atoms with van der Waals surface area (Å²) in [6, 6.07) is 1.71. The maximum atomic E-state index is 13.4. The number of benzene rings is 1. The Kier molecular flexibility index (Phi) is 3.40. The van der Waals surface area contributed by atoms with Gasteiger partial charge in [0.2, 0.25) is 0 Å². The third-order valence-electron chi connectivity index (χ3n) is 1.87. The Morgan fingerprint density at radius 2 is 1.88 bits per heavy atom. The molecule has 0 saturated heterocycles. The number of hydrogen-bond donors (Lipinski definition) is 1. The highest BCUT2D eigenvalue weighted by Crippen LogP contribution is 2.28. The van der Waals surface area contributed by atoms with Gasteiger partial charge in [-0.3, -0.25) is 4.98 Å². The molecule has 1 heterocycles. The van der Waals surface area contributed by atoms with E-state index < -0.39 is 11.6 Å². The second-order valence-corrected chi connectivity index (χ2v) is 3.89. The van der Waals surface area contributed by atoms with E-state index in [1.165, 1.54) is 12.4 Å². The Morgan fingerprint density at radius 3 is 2.53 bits per heavy atom. The van der Waals surface area contributed by atoms with Gasteiger partial charge in [-0.15, -0.1) is 0 Å². The first-order valence-corrected chi connectivity index (χ1v) is 5.21. The molecule has 2 rings (SSSR count). The number of nitrogens with one attached hydrogen (secondary N) is 1. The van der Waals surface area contributed by atoms with E-state index in [0.717, 1.165) is 6.07 Å². The maximum Gasteiger partial charge on any atom is 0.151 e. The van der Waals surface area contributed by atoms with Gasteiger partial charge in [-0.25, -0.2) is 13.8 Å². The largest absolute Gasteiger partial charge is 0.335 e. The number of halogens is 4. The van der Waals surface area contributed by atoms with Crippen molar-refractivity contribution in [3.8, 4) is 0 Å². The van der Waals surface area contributed by atoms with E-state index in [4.69, 9.17) is 23.2 Å². The van der Waals surface area contributed by atoms with E-state index in [0.29, 0.717) is 6.07 Å². The molecule has 1 aromatic heterocycles. The lowest BCUT2D eigenvalue weighted by molar-refractivity contribution is 0.586. The van der Waals surface area contributed by atoms with Crippen molar-refractivity contribution in [1.82, 2.24) is 9.97 Å². The van der Waals surface area contributed by atoms with Crippen molar-refractivity contribution in [2.45, 2.75) is 0 Å². The average molecular weight is 276 g/mol. The summed E-state index contributed by atoms with van der Waals surface area (Å²) in [5, 5.41) is 2.63. The predicted octanol–water partition coefficient (Wildman–Crippen LogP) is 3.81. The van der Waals surface area contributed by atoms with Crippen LogP contribution in [0.15, 0.2) is 24.5 Å². The summed E-state index contributed by atoms with van der Waals surface area (Å²) in [4.78, 5) is 7.61. The Morgan fingerprint density at radius 1 is 1.12 bits per heavy atom. The van der Waals surface area contributed by atoms with Gasteiger partial charge in [-0.1, -0.05) is 23.2 Å². The maximum absolute atomic E-state index is 13.4. The van der Waals surface area contributed by atoms with Crippen molar-refractivity contribution < 1.29 is 8.78 Å². The quantitative estimate of drug-likeness (QED) is 0.906. The van der Waals surface area contributed by atoms with E-state index in [2.05, 4.69) is 15.3 Å². The van der Waals surface area contributed by atoms with Crippen LogP contribution in [0, 0.1) is 11.6 Å². The molecule has 17 heavy (non-hydrogen) atoms. The minimum atomic E-state index is -0.822. The fraction of sp³-hybridized carbons (Fsp3) is 0. The lowest BCUT2D eigenvalue weighted by Crippen LogP contribution is -1.98. The van der Waals surface area contributed by atoms with E-state index in [9.17, 15) is 8.78 Å². The fourth-order valence-corrected chi connectivity index (χ4v) is 1.58. The van der Waals surface area contributed by atoms with Gasteiger partial charge in [0.05, 0.1) is 23.1 Å². The molecule has 0 atom stereocenters. The first-order chi connectivity index (χ1) is 8.06. The summed E-state index contributed by atoms with van der Waals surface area (Å²) >= 11 is 11.3. The first kappa shape index (κ1) is 12.0. The zero-order valence-corrected chi connectivity index (χ0v) is 9.73. The Hall–Kier alpha value is -1.46. The van der Waals surface area contributed by atoms with Gasteiger partial charge in [0.25, 0.3) is 0 Å². The van der Waals surface area contributed by atoms with E-state index in [1.807, 2.05) is 0 Å².